The molecule has 0 saturated carbocycles. The van der Waals surface area contributed by atoms with E-state index in [2.05, 4.69) is 44.9 Å². The molecule has 3 N–H and O–H groups in total. The van der Waals surface area contributed by atoms with E-state index < -0.39 is 0 Å². The zero-order valence-electron chi connectivity index (χ0n) is 12.8. The quantitative estimate of drug-likeness (QED) is 0.831. The Balaban J connectivity index is 2.58. The maximum absolute atomic E-state index is 12.0. The van der Waals surface area contributed by atoms with Crippen molar-refractivity contribution in [3.8, 4) is 11.8 Å². The zero-order chi connectivity index (χ0) is 15.2. The van der Waals surface area contributed by atoms with Crippen molar-refractivity contribution in [3.05, 3.63) is 29.8 Å². The topological polar surface area (TPSA) is 55.1 Å². The molecule has 0 saturated heterocycles. The molecule has 0 aliphatic heterocycles. The standard InChI is InChI=1S/C17H24N2O/c1-13(17(2,3)4)12-16(20)19-15-9-7-14(8-10-15)6-5-11-18/h7-10,13H,11-12,18H2,1-4H3,(H,19,20). The van der Waals surface area contributed by atoms with Crippen LogP contribution in [0.2, 0.25) is 0 Å². The molecule has 1 unspecified atom stereocenters. The fourth-order valence-electron chi connectivity index (χ4n) is 1.59. The number of amides is 1. The number of carbonyl (C=O) groups is 1. The van der Waals surface area contributed by atoms with Gasteiger partial charge in [-0.05, 0) is 35.6 Å². The third-order valence-electron chi connectivity index (χ3n) is 3.47. The van der Waals surface area contributed by atoms with Crippen LogP contribution in [0.3, 0.4) is 0 Å². The summed E-state index contributed by atoms with van der Waals surface area (Å²) >= 11 is 0. The van der Waals surface area contributed by atoms with Crippen molar-refractivity contribution in [2.24, 2.45) is 17.1 Å². The first-order valence-electron chi connectivity index (χ1n) is 6.92. The van der Waals surface area contributed by atoms with Crippen molar-refractivity contribution in [2.45, 2.75) is 34.1 Å². The highest BCUT2D eigenvalue weighted by atomic mass is 16.1. The second-order valence-electron chi connectivity index (χ2n) is 6.10. The third kappa shape index (κ3) is 5.46. The van der Waals surface area contributed by atoms with Crippen molar-refractivity contribution in [3.63, 3.8) is 0 Å². The minimum Gasteiger partial charge on any atom is -0.326 e. The van der Waals surface area contributed by atoms with Gasteiger partial charge in [0, 0.05) is 17.7 Å². The number of benzene rings is 1. The number of carbonyl (C=O) groups excluding carboxylic acids is 1. The van der Waals surface area contributed by atoms with Gasteiger partial charge in [-0.1, -0.05) is 39.5 Å². The SMILES string of the molecule is CC(CC(=O)Nc1ccc(C#CCN)cc1)C(C)(C)C. The maximum atomic E-state index is 12.0. The molecule has 108 valence electrons. The van der Waals surface area contributed by atoms with Crippen LogP contribution in [0.1, 0.15) is 39.7 Å². The van der Waals surface area contributed by atoms with Crippen LogP contribution in [-0.4, -0.2) is 12.5 Å². The predicted molar refractivity (Wildman–Crippen MR) is 84.2 cm³/mol. The number of nitrogens with one attached hydrogen (secondary N) is 1. The fourth-order valence-corrected chi connectivity index (χ4v) is 1.59. The summed E-state index contributed by atoms with van der Waals surface area (Å²) in [5.74, 6) is 6.13. The first-order valence-corrected chi connectivity index (χ1v) is 6.92. The first kappa shape index (κ1) is 16.3. The van der Waals surface area contributed by atoms with Crippen LogP contribution in [0.15, 0.2) is 24.3 Å². The molecule has 1 aromatic carbocycles. The van der Waals surface area contributed by atoms with Crippen LogP contribution in [0.25, 0.3) is 0 Å². The molecule has 0 aliphatic carbocycles. The van der Waals surface area contributed by atoms with Gasteiger partial charge in [-0.3, -0.25) is 4.79 Å². The number of hydrogen-bond donors (Lipinski definition) is 2. The van der Waals surface area contributed by atoms with Gasteiger partial charge >= 0.3 is 0 Å². The third-order valence-corrected chi connectivity index (χ3v) is 3.47. The van der Waals surface area contributed by atoms with E-state index in [1.165, 1.54) is 0 Å². The molecule has 3 nitrogen and oxygen atoms in total. The molecule has 1 atom stereocenters. The van der Waals surface area contributed by atoms with E-state index in [0.717, 1.165) is 11.3 Å². The van der Waals surface area contributed by atoms with Crippen LogP contribution < -0.4 is 11.1 Å². The van der Waals surface area contributed by atoms with Crippen LogP contribution in [0.5, 0.6) is 0 Å². The average Bonchev–Trinajstić information content (AvgIpc) is 2.36. The Morgan fingerprint density at radius 3 is 2.40 bits per heavy atom. The molecule has 0 radical (unpaired) electrons. The molecule has 0 bridgehead atoms. The molecule has 1 rings (SSSR count). The summed E-state index contributed by atoms with van der Waals surface area (Å²) in [6.07, 6.45) is 0.526. The smallest absolute Gasteiger partial charge is 0.224 e. The molecule has 0 spiro atoms. The number of nitrogens with two attached hydrogens (primary N) is 1. The maximum Gasteiger partial charge on any atom is 0.224 e. The molecule has 1 aromatic rings. The Morgan fingerprint density at radius 2 is 1.90 bits per heavy atom. The van der Waals surface area contributed by atoms with Gasteiger partial charge in [0.25, 0.3) is 0 Å². The summed E-state index contributed by atoms with van der Waals surface area (Å²) in [5, 5.41) is 2.92. The van der Waals surface area contributed by atoms with Gasteiger partial charge in [0.1, 0.15) is 0 Å². The van der Waals surface area contributed by atoms with E-state index in [9.17, 15) is 4.79 Å². The number of rotatable bonds is 3. The van der Waals surface area contributed by atoms with Gasteiger partial charge in [-0.2, -0.15) is 0 Å². The van der Waals surface area contributed by atoms with Gasteiger partial charge in [0.2, 0.25) is 5.91 Å². The summed E-state index contributed by atoms with van der Waals surface area (Å²) in [6, 6.07) is 7.48. The van der Waals surface area contributed by atoms with Gasteiger partial charge in [-0.25, -0.2) is 0 Å². The molecular formula is C17H24N2O. The van der Waals surface area contributed by atoms with E-state index in [4.69, 9.17) is 5.73 Å². The summed E-state index contributed by atoms with van der Waals surface area (Å²) < 4.78 is 0. The minimum atomic E-state index is 0.0493. The molecule has 20 heavy (non-hydrogen) atoms. The van der Waals surface area contributed by atoms with Crippen molar-refractivity contribution in [1.82, 2.24) is 0 Å². The lowest BCUT2D eigenvalue weighted by Crippen LogP contribution is -2.23. The van der Waals surface area contributed by atoms with E-state index in [1.54, 1.807) is 0 Å². The highest BCUT2D eigenvalue weighted by Gasteiger charge is 2.22. The lowest BCUT2D eigenvalue weighted by atomic mass is 9.80. The minimum absolute atomic E-state index is 0.0493. The molecule has 0 fully saturated rings. The molecular weight excluding hydrogens is 248 g/mol. The van der Waals surface area contributed by atoms with Gasteiger partial charge in [-0.15, -0.1) is 0 Å². The van der Waals surface area contributed by atoms with Gasteiger partial charge < -0.3 is 11.1 Å². The highest BCUT2D eigenvalue weighted by molar-refractivity contribution is 5.90. The van der Waals surface area contributed by atoms with Gasteiger partial charge in [0.05, 0.1) is 6.54 Å². The highest BCUT2D eigenvalue weighted by Crippen LogP contribution is 2.28. The van der Waals surface area contributed by atoms with Crippen molar-refractivity contribution in [2.75, 3.05) is 11.9 Å². The Labute approximate surface area is 121 Å². The van der Waals surface area contributed by atoms with Gasteiger partial charge in [0.15, 0.2) is 0 Å². The lowest BCUT2D eigenvalue weighted by Gasteiger charge is -2.26. The Hall–Kier alpha value is -1.79. The zero-order valence-corrected chi connectivity index (χ0v) is 12.8. The predicted octanol–water partition coefficient (Wildman–Crippen LogP) is 3.01. The molecule has 1 amide bonds. The first-order chi connectivity index (χ1) is 9.32. The van der Waals surface area contributed by atoms with E-state index in [1.807, 2.05) is 24.3 Å². The summed E-state index contributed by atoms with van der Waals surface area (Å²) in [4.78, 5) is 12.0. The second-order valence-corrected chi connectivity index (χ2v) is 6.10. The normalized spacial score (nSPS) is 12.2. The van der Waals surface area contributed by atoms with Crippen LogP contribution in [0, 0.1) is 23.2 Å². The summed E-state index contributed by atoms with van der Waals surface area (Å²) in [6.45, 7) is 8.90. The average molecular weight is 272 g/mol. The van der Waals surface area contributed by atoms with Crippen LogP contribution in [-0.2, 0) is 4.79 Å². The van der Waals surface area contributed by atoms with Crippen molar-refractivity contribution in [1.29, 1.82) is 0 Å². The monoisotopic (exact) mass is 272 g/mol. The second kappa shape index (κ2) is 7.12. The number of hydrogen-bond acceptors (Lipinski definition) is 2. The molecule has 0 aromatic heterocycles. The molecule has 0 aliphatic rings. The van der Waals surface area contributed by atoms with Crippen LogP contribution >= 0.6 is 0 Å². The number of anilines is 1. The summed E-state index contributed by atoms with van der Waals surface area (Å²) in [7, 11) is 0. The molecule has 0 heterocycles. The Morgan fingerprint density at radius 1 is 1.30 bits per heavy atom. The summed E-state index contributed by atoms with van der Waals surface area (Å²) in [5.41, 5.74) is 7.16. The largest absolute Gasteiger partial charge is 0.326 e. The van der Waals surface area contributed by atoms with Crippen molar-refractivity contribution >= 4 is 11.6 Å². The van der Waals surface area contributed by atoms with Crippen molar-refractivity contribution < 1.29 is 4.79 Å². The van der Waals surface area contributed by atoms with Crippen LogP contribution in [0.4, 0.5) is 5.69 Å². The fraction of sp³-hybridized carbons (Fsp3) is 0.471. The van der Waals surface area contributed by atoms with E-state index >= 15 is 0 Å². The molecule has 3 heteroatoms. The Bertz CT molecular complexity index is 501. The lowest BCUT2D eigenvalue weighted by molar-refractivity contribution is -0.117. The van der Waals surface area contributed by atoms with E-state index in [0.29, 0.717) is 18.9 Å². The Kier molecular flexibility index (Phi) is 5.79. The van der Waals surface area contributed by atoms with E-state index in [-0.39, 0.29) is 11.3 Å².